The van der Waals surface area contributed by atoms with Crippen LogP contribution in [0.1, 0.15) is 6.42 Å². The molecular weight excluding hydrogens is 691 g/mol. The minimum Gasteiger partial charge on any atom is -0.420 e. The van der Waals surface area contributed by atoms with E-state index in [2.05, 4.69) is 4.74 Å². The van der Waals surface area contributed by atoms with Crippen molar-refractivity contribution < 1.29 is 79.5 Å². The van der Waals surface area contributed by atoms with Gasteiger partial charge in [0.05, 0.1) is 165 Å². The molecule has 2 N–H and O–H groups in total. The van der Waals surface area contributed by atoms with Gasteiger partial charge in [-0.15, -0.1) is 0 Å². The van der Waals surface area contributed by atoms with E-state index in [0.717, 1.165) is 0 Å². The summed E-state index contributed by atoms with van der Waals surface area (Å²) < 4.78 is 109. The molecule has 0 aliphatic heterocycles. The normalized spacial score (nSPS) is 11.5. The van der Waals surface area contributed by atoms with Crippen LogP contribution in [0, 0.1) is 17.5 Å². The summed E-state index contributed by atoms with van der Waals surface area (Å²) in [6, 6.07) is 0.850. The minimum atomic E-state index is -1.30. The molecule has 0 radical (unpaired) electrons. The average Bonchev–Trinajstić information content (AvgIpc) is 3.11. The number of ether oxygens (including phenoxy) is 13. The van der Waals surface area contributed by atoms with E-state index in [4.69, 9.17) is 62.6 Å². The molecule has 0 unspecified atom stereocenters. The summed E-state index contributed by atoms with van der Waals surface area (Å²) >= 11 is 0. The summed E-state index contributed by atoms with van der Waals surface area (Å²) in [6.07, 6.45) is -0.242. The van der Waals surface area contributed by atoms with Crippen LogP contribution in [-0.2, 0) is 61.6 Å². The van der Waals surface area contributed by atoms with Crippen molar-refractivity contribution in [2.75, 3.05) is 165 Å². The summed E-state index contributed by atoms with van der Waals surface area (Å²) in [5.74, 6) is -5.57. The fourth-order valence-electron chi connectivity index (χ4n) is 3.55. The summed E-state index contributed by atoms with van der Waals surface area (Å²) in [6.45, 7) is 10.7. The van der Waals surface area contributed by atoms with Gasteiger partial charge in [-0.1, -0.05) is 0 Å². The van der Waals surface area contributed by atoms with Gasteiger partial charge in [0.25, 0.3) is 0 Å². The molecule has 0 aromatic heterocycles. The molecule has 0 saturated carbocycles. The van der Waals surface area contributed by atoms with Gasteiger partial charge in [-0.3, -0.25) is 4.79 Å². The van der Waals surface area contributed by atoms with Crippen LogP contribution < -0.4 is 10.5 Å². The Kier molecular flexibility index (Phi) is 33.5. The van der Waals surface area contributed by atoms with E-state index in [-0.39, 0.29) is 26.2 Å². The zero-order valence-corrected chi connectivity index (χ0v) is 29.5. The number of benzene rings is 1. The van der Waals surface area contributed by atoms with E-state index in [0.29, 0.717) is 157 Å². The molecule has 0 saturated heterocycles. The van der Waals surface area contributed by atoms with Crippen molar-refractivity contribution in [3.05, 3.63) is 29.6 Å². The summed E-state index contributed by atoms with van der Waals surface area (Å²) in [5.41, 5.74) is 5.32. The third-order valence-electron chi connectivity index (χ3n) is 5.98. The molecule has 0 atom stereocenters. The van der Waals surface area contributed by atoms with Gasteiger partial charge < -0.3 is 67.3 Å². The van der Waals surface area contributed by atoms with E-state index in [1.807, 2.05) is 0 Å². The van der Waals surface area contributed by atoms with Crippen molar-refractivity contribution in [2.24, 2.45) is 5.73 Å². The molecule has 0 amide bonds. The molecule has 0 aliphatic carbocycles. The van der Waals surface area contributed by atoms with Gasteiger partial charge in [-0.2, -0.15) is 0 Å². The zero-order valence-electron chi connectivity index (χ0n) is 29.5. The van der Waals surface area contributed by atoms with Crippen LogP contribution in [0.25, 0.3) is 0 Å². The number of nitrogens with two attached hydrogens (primary N) is 1. The summed E-state index contributed by atoms with van der Waals surface area (Å²) in [5, 5.41) is 0. The van der Waals surface area contributed by atoms with Crippen LogP contribution >= 0.6 is 0 Å². The van der Waals surface area contributed by atoms with E-state index in [1.54, 1.807) is 0 Å². The van der Waals surface area contributed by atoms with Crippen molar-refractivity contribution in [1.29, 1.82) is 0 Å². The van der Waals surface area contributed by atoms with Crippen LogP contribution in [-0.4, -0.2) is 171 Å². The van der Waals surface area contributed by atoms with E-state index in [1.165, 1.54) is 0 Å². The third-order valence-corrected chi connectivity index (χ3v) is 5.98. The Balaban J connectivity index is 1.68. The number of esters is 1. The molecule has 0 heterocycles. The highest BCUT2D eigenvalue weighted by Crippen LogP contribution is 2.23. The van der Waals surface area contributed by atoms with Crippen molar-refractivity contribution in [3.63, 3.8) is 0 Å². The maximum absolute atomic E-state index is 13.5. The van der Waals surface area contributed by atoms with Crippen LogP contribution in [0.5, 0.6) is 5.75 Å². The van der Waals surface area contributed by atoms with Crippen LogP contribution in [0.4, 0.5) is 13.2 Å². The van der Waals surface area contributed by atoms with Gasteiger partial charge in [-0.05, 0) is 0 Å². The SMILES string of the molecule is NCCOCCOCCOCCOCCOCCOCCOCCOCCOCCOCCOCCOCCC(=O)Oc1c(F)cc(F)cc1F. The van der Waals surface area contributed by atoms with Crippen molar-refractivity contribution in [3.8, 4) is 5.75 Å². The lowest BCUT2D eigenvalue weighted by Gasteiger charge is -2.09. The first-order valence-electron chi connectivity index (χ1n) is 17.0. The molecule has 18 heteroatoms. The Morgan fingerprint density at radius 1 is 0.412 bits per heavy atom. The molecule has 0 bridgehead atoms. The van der Waals surface area contributed by atoms with Crippen molar-refractivity contribution in [1.82, 2.24) is 0 Å². The first-order chi connectivity index (χ1) is 25.0. The van der Waals surface area contributed by atoms with Crippen LogP contribution in [0.15, 0.2) is 12.1 Å². The molecule has 298 valence electrons. The number of carbonyl (C=O) groups excluding carboxylic acids is 1. The highest BCUT2D eigenvalue weighted by atomic mass is 19.1. The lowest BCUT2D eigenvalue weighted by atomic mass is 10.3. The molecule has 0 spiro atoms. The fraction of sp³-hybridized carbons (Fsp3) is 0.788. The highest BCUT2D eigenvalue weighted by molar-refractivity contribution is 5.72. The number of halogens is 3. The molecule has 15 nitrogen and oxygen atoms in total. The number of hydrogen-bond donors (Lipinski definition) is 1. The Hall–Kier alpha value is -2.04. The summed E-state index contributed by atoms with van der Waals surface area (Å²) in [7, 11) is 0. The molecule has 0 aliphatic rings. The quantitative estimate of drug-likeness (QED) is 0.0586. The van der Waals surface area contributed by atoms with E-state index < -0.39 is 29.2 Å². The lowest BCUT2D eigenvalue weighted by molar-refractivity contribution is -0.136. The predicted octanol–water partition coefficient (Wildman–Crippen LogP) is 1.56. The van der Waals surface area contributed by atoms with Crippen molar-refractivity contribution in [2.45, 2.75) is 6.42 Å². The number of hydrogen-bond acceptors (Lipinski definition) is 15. The van der Waals surface area contributed by atoms with Gasteiger partial charge in [0.2, 0.25) is 5.75 Å². The Morgan fingerprint density at radius 2 is 0.647 bits per heavy atom. The van der Waals surface area contributed by atoms with Gasteiger partial charge in [-0.25, -0.2) is 13.2 Å². The average molecular weight is 748 g/mol. The van der Waals surface area contributed by atoms with Crippen molar-refractivity contribution >= 4 is 5.97 Å². The zero-order chi connectivity index (χ0) is 36.9. The first-order valence-corrected chi connectivity index (χ1v) is 17.0. The molecule has 51 heavy (non-hydrogen) atoms. The van der Waals surface area contributed by atoms with Crippen LogP contribution in [0.2, 0.25) is 0 Å². The standard InChI is InChI=1S/C33H56F3NO14/c34-29-27-30(35)33(31(36)28-29)51-32(38)1-3-39-5-7-41-9-11-43-13-15-45-17-19-47-21-23-49-25-26-50-24-22-48-20-18-46-16-14-44-12-10-42-8-6-40-4-2-37/h27-28H,1-26,37H2. The maximum atomic E-state index is 13.5. The highest BCUT2D eigenvalue weighted by Gasteiger charge is 2.16. The Morgan fingerprint density at radius 3 is 0.902 bits per heavy atom. The van der Waals surface area contributed by atoms with Crippen LogP contribution in [0.3, 0.4) is 0 Å². The van der Waals surface area contributed by atoms with E-state index >= 15 is 0 Å². The smallest absolute Gasteiger partial charge is 0.313 e. The Bertz CT molecular complexity index is 918. The predicted molar refractivity (Wildman–Crippen MR) is 175 cm³/mol. The fourth-order valence-corrected chi connectivity index (χ4v) is 3.55. The molecule has 1 aromatic carbocycles. The second-order valence-electron chi connectivity index (χ2n) is 10.1. The second kappa shape index (κ2) is 36.3. The second-order valence-corrected chi connectivity index (χ2v) is 10.1. The monoisotopic (exact) mass is 747 g/mol. The van der Waals surface area contributed by atoms with Gasteiger partial charge in [0.1, 0.15) is 5.82 Å². The van der Waals surface area contributed by atoms with E-state index in [9.17, 15) is 18.0 Å². The number of carbonyl (C=O) groups is 1. The molecule has 0 fully saturated rings. The lowest BCUT2D eigenvalue weighted by Crippen LogP contribution is -2.16. The minimum absolute atomic E-state index is 0.0361. The molecular formula is C33H56F3NO14. The maximum Gasteiger partial charge on any atom is 0.313 e. The van der Waals surface area contributed by atoms with Gasteiger partial charge >= 0.3 is 5.97 Å². The number of rotatable bonds is 39. The first kappa shape index (κ1) is 47.0. The Labute approximate surface area is 298 Å². The third kappa shape index (κ3) is 31.2. The largest absolute Gasteiger partial charge is 0.420 e. The molecule has 1 aromatic rings. The van der Waals surface area contributed by atoms with Gasteiger partial charge in [0.15, 0.2) is 11.6 Å². The topological polar surface area (TPSA) is 163 Å². The molecule has 1 rings (SSSR count). The summed E-state index contributed by atoms with van der Waals surface area (Å²) in [4.78, 5) is 11.7. The van der Waals surface area contributed by atoms with Gasteiger partial charge in [0, 0.05) is 18.7 Å².